The lowest BCUT2D eigenvalue weighted by Crippen LogP contribution is -2.29. The highest BCUT2D eigenvalue weighted by Crippen LogP contribution is 2.29. The first-order chi connectivity index (χ1) is 8.26. The molecule has 0 amide bonds. The number of hydrogen-bond acceptors (Lipinski definition) is 2. The number of aliphatic hydroxyl groups is 1. The first-order valence-electron chi connectivity index (χ1n) is 7.55. The van der Waals surface area contributed by atoms with Crippen molar-refractivity contribution in [2.75, 3.05) is 6.61 Å². The van der Waals surface area contributed by atoms with Gasteiger partial charge in [-0.2, -0.15) is 0 Å². The van der Waals surface area contributed by atoms with Gasteiger partial charge in [0.1, 0.15) is 0 Å². The van der Waals surface area contributed by atoms with Gasteiger partial charge in [-0.15, -0.1) is 0 Å². The summed E-state index contributed by atoms with van der Waals surface area (Å²) in [6, 6.07) is 0. The second-order valence-electron chi connectivity index (χ2n) is 6.79. The van der Waals surface area contributed by atoms with Crippen LogP contribution in [0.25, 0.3) is 0 Å². The van der Waals surface area contributed by atoms with Gasteiger partial charge in [-0.05, 0) is 51.4 Å². The minimum Gasteiger partial charge on any atom is -0.396 e. The molecule has 0 saturated carbocycles. The van der Waals surface area contributed by atoms with Gasteiger partial charge in [0, 0.05) is 6.61 Å². The molecular weight excluding hydrogens is 224 g/mol. The highest BCUT2D eigenvalue weighted by atomic mass is 16.5. The van der Waals surface area contributed by atoms with Crippen molar-refractivity contribution in [2.24, 2.45) is 5.41 Å². The SMILES string of the molecule is CCC(CCCC(C)(C)CCO)OC(C)(C)CC. The molecule has 0 radical (unpaired) electrons. The van der Waals surface area contributed by atoms with Gasteiger partial charge in [0.2, 0.25) is 0 Å². The monoisotopic (exact) mass is 258 g/mol. The molecule has 0 heterocycles. The predicted molar refractivity (Wildman–Crippen MR) is 78.9 cm³/mol. The molecule has 1 N–H and O–H groups in total. The average Bonchev–Trinajstić information content (AvgIpc) is 2.27. The second-order valence-corrected chi connectivity index (χ2v) is 6.79. The van der Waals surface area contributed by atoms with Crippen molar-refractivity contribution in [3.05, 3.63) is 0 Å². The zero-order valence-corrected chi connectivity index (χ0v) is 13.4. The zero-order valence-electron chi connectivity index (χ0n) is 13.4. The van der Waals surface area contributed by atoms with E-state index in [1.807, 2.05) is 0 Å². The van der Waals surface area contributed by atoms with E-state index in [2.05, 4.69) is 41.5 Å². The fraction of sp³-hybridized carbons (Fsp3) is 1.00. The van der Waals surface area contributed by atoms with E-state index in [4.69, 9.17) is 9.84 Å². The Bertz CT molecular complexity index is 209. The molecule has 0 bridgehead atoms. The zero-order chi connectivity index (χ0) is 14.2. The summed E-state index contributed by atoms with van der Waals surface area (Å²) in [7, 11) is 0. The number of ether oxygens (including phenoxy) is 1. The van der Waals surface area contributed by atoms with E-state index < -0.39 is 0 Å². The lowest BCUT2D eigenvalue weighted by Gasteiger charge is -2.30. The van der Waals surface area contributed by atoms with Crippen LogP contribution in [0.15, 0.2) is 0 Å². The maximum absolute atomic E-state index is 9.02. The molecule has 0 aliphatic rings. The minimum atomic E-state index is 0.00128. The van der Waals surface area contributed by atoms with Crippen LogP contribution in [-0.4, -0.2) is 23.4 Å². The van der Waals surface area contributed by atoms with Crippen molar-refractivity contribution in [3.63, 3.8) is 0 Å². The van der Waals surface area contributed by atoms with Crippen LogP contribution in [0.3, 0.4) is 0 Å². The Morgan fingerprint density at radius 2 is 1.67 bits per heavy atom. The number of aliphatic hydroxyl groups excluding tert-OH is 1. The van der Waals surface area contributed by atoms with E-state index in [1.165, 1.54) is 12.8 Å². The Kier molecular flexibility index (Phi) is 8.13. The largest absolute Gasteiger partial charge is 0.396 e. The Morgan fingerprint density at radius 1 is 1.06 bits per heavy atom. The van der Waals surface area contributed by atoms with E-state index in [9.17, 15) is 0 Å². The maximum Gasteiger partial charge on any atom is 0.0627 e. The van der Waals surface area contributed by atoms with Gasteiger partial charge in [0.15, 0.2) is 0 Å². The van der Waals surface area contributed by atoms with Crippen molar-refractivity contribution in [1.29, 1.82) is 0 Å². The molecule has 18 heavy (non-hydrogen) atoms. The summed E-state index contributed by atoms with van der Waals surface area (Å²) in [6.07, 6.45) is 6.90. The molecule has 1 unspecified atom stereocenters. The lowest BCUT2D eigenvalue weighted by atomic mass is 9.83. The normalized spacial score (nSPS) is 14.8. The number of hydrogen-bond donors (Lipinski definition) is 1. The third-order valence-electron chi connectivity index (χ3n) is 3.96. The summed E-state index contributed by atoms with van der Waals surface area (Å²) in [4.78, 5) is 0. The van der Waals surface area contributed by atoms with Gasteiger partial charge >= 0.3 is 0 Å². The molecule has 2 heteroatoms. The Labute approximate surface area is 114 Å². The van der Waals surface area contributed by atoms with Crippen LogP contribution in [0, 0.1) is 5.41 Å². The van der Waals surface area contributed by atoms with Gasteiger partial charge in [-0.1, -0.05) is 34.1 Å². The summed E-state index contributed by atoms with van der Waals surface area (Å²) in [6.45, 7) is 13.5. The number of rotatable bonds is 10. The topological polar surface area (TPSA) is 29.5 Å². The molecule has 0 fully saturated rings. The third kappa shape index (κ3) is 8.10. The van der Waals surface area contributed by atoms with Gasteiger partial charge < -0.3 is 9.84 Å². The highest BCUT2D eigenvalue weighted by molar-refractivity contribution is 4.72. The van der Waals surface area contributed by atoms with Crippen molar-refractivity contribution < 1.29 is 9.84 Å². The second kappa shape index (κ2) is 8.16. The molecule has 2 nitrogen and oxygen atoms in total. The molecule has 0 saturated heterocycles. The summed E-state index contributed by atoms with van der Waals surface area (Å²) >= 11 is 0. The standard InChI is InChI=1S/C16H34O2/c1-7-14(18-16(5,6)8-2)10-9-11-15(3,4)12-13-17/h14,17H,7-13H2,1-6H3. The van der Waals surface area contributed by atoms with E-state index in [0.717, 1.165) is 25.7 Å². The third-order valence-corrected chi connectivity index (χ3v) is 3.96. The van der Waals surface area contributed by atoms with Crippen LogP contribution in [0.1, 0.15) is 80.1 Å². The fourth-order valence-electron chi connectivity index (χ4n) is 2.12. The molecule has 1 atom stereocenters. The van der Waals surface area contributed by atoms with E-state index in [-0.39, 0.29) is 11.0 Å². The van der Waals surface area contributed by atoms with E-state index in [1.54, 1.807) is 0 Å². The summed E-state index contributed by atoms with van der Waals surface area (Å²) in [5, 5.41) is 9.02. The summed E-state index contributed by atoms with van der Waals surface area (Å²) in [5.41, 5.74) is 0.259. The minimum absolute atomic E-state index is 0.00128. The van der Waals surface area contributed by atoms with E-state index in [0.29, 0.717) is 12.7 Å². The maximum atomic E-state index is 9.02. The molecule has 0 aromatic rings. The summed E-state index contributed by atoms with van der Waals surface area (Å²) < 4.78 is 6.16. The molecule has 0 aliphatic heterocycles. The van der Waals surface area contributed by atoms with Crippen LogP contribution < -0.4 is 0 Å². The average molecular weight is 258 g/mol. The molecule has 110 valence electrons. The Balaban J connectivity index is 4.02. The molecule has 0 spiro atoms. The van der Waals surface area contributed by atoms with Crippen molar-refractivity contribution in [1.82, 2.24) is 0 Å². The van der Waals surface area contributed by atoms with Gasteiger partial charge in [0.25, 0.3) is 0 Å². The molecule has 0 aromatic heterocycles. The van der Waals surface area contributed by atoms with Crippen molar-refractivity contribution in [3.8, 4) is 0 Å². The molecule has 0 aliphatic carbocycles. The highest BCUT2D eigenvalue weighted by Gasteiger charge is 2.22. The van der Waals surface area contributed by atoms with Crippen molar-refractivity contribution >= 4 is 0 Å². The van der Waals surface area contributed by atoms with Crippen molar-refractivity contribution in [2.45, 2.75) is 91.8 Å². The quantitative estimate of drug-likeness (QED) is 0.623. The van der Waals surface area contributed by atoms with E-state index >= 15 is 0 Å². The lowest BCUT2D eigenvalue weighted by molar-refractivity contribution is -0.0788. The molecular formula is C16H34O2. The van der Waals surface area contributed by atoms with Crippen LogP contribution in [0.2, 0.25) is 0 Å². The predicted octanol–water partition coefficient (Wildman–Crippen LogP) is 4.55. The van der Waals surface area contributed by atoms with Crippen LogP contribution in [0.5, 0.6) is 0 Å². The molecule has 0 rings (SSSR count). The van der Waals surface area contributed by atoms with Crippen LogP contribution in [0.4, 0.5) is 0 Å². The van der Waals surface area contributed by atoms with Crippen LogP contribution >= 0.6 is 0 Å². The first-order valence-corrected chi connectivity index (χ1v) is 7.55. The van der Waals surface area contributed by atoms with Gasteiger partial charge in [-0.25, -0.2) is 0 Å². The Morgan fingerprint density at radius 3 is 2.11 bits per heavy atom. The smallest absolute Gasteiger partial charge is 0.0627 e. The van der Waals surface area contributed by atoms with Crippen LogP contribution in [-0.2, 0) is 4.74 Å². The molecule has 0 aromatic carbocycles. The van der Waals surface area contributed by atoms with Gasteiger partial charge in [0.05, 0.1) is 11.7 Å². The fourth-order valence-corrected chi connectivity index (χ4v) is 2.12. The summed E-state index contributed by atoms with van der Waals surface area (Å²) in [5.74, 6) is 0. The Hall–Kier alpha value is -0.0800. The van der Waals surface area contributed by atoms with Gasteiger partial charge in [-0.3, -0.25) is 0 Å². The first kappa shape index (κ1) is 17.9.